The number of hydrogen-bond acceptors (Lipinski definition) is 6. The van der Waals surface area contributed by atoms with E-state index in [1.807, 2.05) is 24.3 Å². The zero-order chi connectivity index (χ0) is 21.1. The normalized spacial score (nSPS) is 18.6. The van der Waals surface area contributed by atoms with Crippen LogP contribution in [0.1, 0.15) is 4.88 Å². The summed E-state index contributed by atoms with van der Waals surface area (Å²) in [5, 5.41) is 0.667. The largest absolute Gasteiger partial charge is 0.378 e. The minimum absolute atomic E-state index is 0.0132. The minimum Gasteiger partial charge on any atom is -0.378 e. The Bertz CT molecular complexity index is 997. The third kappa shape index (κ3) is 4.81. The molecule has 162 valence electrons. The van der Waals surface area contributed by atoms with E-state index in [1.54, 1.807) is 17.0 Å². The average Bonchev–Trinajstić information content (AvgIpc) is 3.24. The molecule has 0 aliphatic carbocycles. The summed E-state index contributed by atoms with van der Waals surface area (Å²) in [6.07, 6.45) is 0.225. The predicted octanol–water partition coefficient (Wildman–Crippen LogP) is 2.31. The summed E-state index contributed by atoms with van der Waals surface area (Å²) in [6.45, 7) is 4.32. The molecule has 0 spiro atoms. The van der Waals surface area contributed by atoms with E-state index in [4.69, 9.17) is 16.3 Å². The number of nitrogens with zero attached hydrogens (tertiary/aromatic N) is 3. The average molecular weight is 470 g/mol. The number of sulfonamides is 1. The molecule has 1 aromatic carbocycles. The topological polar surface area (TPSA) is 70.2 Å². The molecular weight excluding hydrogens is 446 g/mol. The second kappa shape index (κ2) is 9.23. The molecule has 2 fully saturated rings. The second-order valence-corrected chi connectivity index (χ2v) is 11.0. The molecule has 7 nitrogen and oxygen atoms in total. The van der Waals surface area contributed by atoms with Crippen LogP contribution in [0, 0.1) is 0 Å². The molecular formula is C20H24ClN3O4S2. The summed E-state index contributed by atoms with van der Waals surface area (Å²) in [4.78, 5) is 17.1. The fourth-order valence-electron chi connectivity index (χ4n) is 3.65. The molecule has 2 aliphatic rings. The van der Waals surface area contributed by atoms with Crippen molar-refractivity contribution < 1.29 is 17.9 Å². The highest BCUT2D eigenvalue weighted by molar-refractivity contribution is 7.91. The number of carbonyl (C=O) groups excluding carboxylic acids is 1. The highest BCUT2D eigenvalue weighted by Crippen LogP contribution is 2.28. The van der Waals surface area contributed by atoms with Crippen LogP contribution in [0.5, 0.6) is 0 Å². The predicted molar refractivity (Wildman–Crippen MR) is 118 cm³/mol. The number of benzene rings is 1. The van der Waals surface area contributed by atoms with Crippen molar-refractivity contribution in [2.45, 2.75) is 10.6 Å². The second-order valence-electron chi connectivity index (χ2n) is 7.26. The van der Waals surface area contributed by atoms with Crippen molar-refractivity contribution in [1.82, 2.24) is 9.21 Å². The van der Waals surface area contributed by atoms with Gasteiger partial charge in [0, 0.05) is 54.9 Å². The SMILES string of the molecule is O=C(Cc1ccc(S(=O)(=O)N2CCN(c3cccc(Cl)c3)CC2)s1)N1CCOCC1. The van der Waals surface area contributed by atoms with Crippen LogP contribution in [0.25, 0.3) is 0 Å². The number of piperazine rings is 1. The van der Waals surface area contributed by atoms with Gasteiger partial charge in [0.2, 0.25) is 5.91 Å². The molecule has 10 heteroatoms. The maximum absolute atomic E-state index is 13.1. The van der Waals surface area contributed by atoms with Crippen LogP contribution in [0.15, 0.2) is 40.6 Å². The first-order chi connectivity index (χ1) is 14.4. The van der Waals surface area contributed by atoms with Gasteiger partial charge in [0.25, 0.3) is 10.0 Å². The number of thiophene rings is 1. The number of halogens is 1. The standard InChI is InChI=1S/C20H24ClN3O4S2/c21-16-2-1-3-17(14-16)22-6-8-24(9-7-22)30(26,27)20-5-4-18(29-20)15-19(25)23-10-12-28-13-11-23/h1-5,14H,6-13,15H2. The van der Waals surface area contributed by atoms with E-state index < -0.39 is 10.0 Å². The lowest BCUT2D eigenvalue weighted by atomic mass is 10.2. The molecule has 2 aliphatic heterocycles. The third-order valence-electron chi connectivity index (χ3n) is 5.33. The molecule has 1 amide bonds. The van der Waals surface area contributed by atoms with E-state index in [1.165, 1.54) is 15.6 Å². The Hall–Kier alpha value is -1.65. The van der Waals surface area contributed by atoms with Crippen LogP contribution in [0.3, 0.4) is 0 Å². The lowest BCUT2D eigenvalue weighted by molar-refractivity contribution is -0.134. The fraction of sp³-hybridized carbons (Fsp3) is 0.450. The minimum atomic E-state index is -3.56. The number of ether oxygens (including phenoxy) is 1. The number of amides is 1. The first-order valence-electron chi connectivity index (χ1n) is 9.88. The summed E-state index contributed by atoms with van der Waals surface area (Å²) in [5.41, 5.74) is 1.000. The van der Waals surface area contributed by atoms with Crippen LogP contribution in [0.2, 0.25) is 5.02 Å². The van der Waals surface area contributed by atoms with Crippen LogP contribution < -0.4 is 4.90 Å². The summed E-state index contributed by atoms with van der Waals surface area (Å²) < 4.78 is 33.2. The smallest absolute Gasteiger partial charge is 0.252 e. The molecule has 30 heavy (non-hydrogen) atoms. The lowest BCUT2D eigenvalue weighted by Crippen LogP contribution is -2.48. The fourth-order valence-corrected chi connectivity index (χ4v) is 6.76. The Labute approximate surface area is 185 Å². The molecule has 3 heterocycles. The van der Waals surface area contributed by atoms with Gasteiger partial charge >= 0.3 is 0 Å². The number of hydrogen-bond donors (Lipinski definition) is 0. The first-order valence-corrected chi connectivity index (χ1v) is 12.5. The van der Waals surface area contributed by atoms with Crippen LogP contribution in [-0.4, -0.2) is 76.0 Å². The molecule has 1 aromatic heterocycles. The molecule has 0 N–H and O–H groups in total. The van der Waals surface area contributed by atoms with E-state index in [0.29, 0.717) is 61.7 Å². The van der Waals surface area contributed by atoms with E-state index >= 15 is 0 Å². The highest BCUT2D eigenvalue weighted by Gasteiger charge is 2.30. The number of morpholine rings is 1. The Kier molecular flexibility index (Phi) is 6.64. The number of carbonyl (C=O) groups is 1. The van der Waals surface area contributed by atoms with Gasteiger partial charge < -0.3 is 14.5 Å². The number of rotatable bonds is 5. The van der Waals surface area contributed by atoms with Crippen molar-refractivity contribution in [1.29, 1.82) is 0 Å². The highest BCUT2D eigenvalue weighted by atomic mass is 35.5. The van der Waals surface area contributed by atoms with Gasteiger partial charge in [-0.25, -0.2) is 8.42 Å². The molecule has 2 saturated heterocycles. The Morgan fingerprint density at radius 1 is 1.03 bits per heavy atom. The summed E-state index contributed by atoms with van der Waals surface area (Å²) in [5.74, 6) is 0.0132. The van der Waals surface area contributed by atoms with Crippen molar-refractivity contribution in [3.8, 4) is 0 Å². The van der Waals surface area contributed by atoms with Gasteiger partial charge in [0.15, 0.2) is 0 Å². The zero-order valence-electron chi connectivity index (χ0n) is 16.5. The maximum atomic E-state index is 13.1. The van der Waals surface area contributed by atoms with Gasteiger partial charge in [-0.2, -0.15) is 4.31 Å². The summed E-state index contributed by atoms with van der Waals surface area (Å²) >= 11 is 7.25. The van der Waals surface area contributed by atoms with Gasteiger partial charge in [-0.05, 0) is 30.3 Å². The molecule has 0 atom stereocenters. The van der Waals surface area contributed by atoms with Crippen molar-refractivity contribution in [3.05, 3.63) is 46.3 Å². The van der Waals surface area contributed by atoms with Crippen molar-refractivity contribution in [2.24, 2.45) is 0 Å². The van der Waals surface area contributed by atoms with E-state index in [2.05, 4.69) is 4.90 Å². The van der Waals surface area contributed by atoms with Gasteiger partial charge in [-0.15, -0.1) is 11.3 Å². The van der Waals surface area contributed by atoms with Crippen LogP contribution in [0.4, 0.5) is 5.69 Å². The summed E-state index contributed by atoms with van der Waals surface area (Å²) in [7, 11) is -3.56. The molecule has 0 radical (unpaired) electrons. The third-order valence-corrected chi connectivity index (χ3v) is 9.02. The van der Waals surface area contributed by atoms with Crippen LogP contribution in [-0.2, 0) is 26.0 Å². The molecule has 0 unspecified atom stereocenters. The van der Waals surface area contributed by atoms with E-state index in [-0.39, 0.29) is 12.3 Å². The van der Waals surface area contributed by atoms with Crippen molar-refractivity contribution >= 4 is 44.6 Å². The van der Waals surface area contributed by atoms with E-state index in [0.717, 1.165) is 10.6 Å². The van der Waals surface area contributed by atoms with Crippen molar-refractivity contribution in [3.63, 3.8) is 0 Å². The quantitative estimate of drug-likeness (QED) is 0.672. The Morgan fingerprint density at radius 2 is 1.77 bits per heavy atom. The van der Waals surface area contributed by atoms with Gasteiger partial charge in [0.1, 0.15) is 4.21 Å². The number of anilines is 1. The van der Waals surface area contributed by atoms with Gasteiger partial charge in [-0.1, -0.05) is 17.7 Å². The van der Waals surface area contributed by atoms with Gasteiger partial charge in [0.05, 0.1) is 19.6 Å². The van der Waals surface area contributed by atoms with Gasteiger partial charge in [-0.3, -0.25) is 4.79 Å². The molecule has 0 saturated carbocycles. The summed E-state index contributed by atoms with van der Waals surface area (Å²) in [6, 6.07) is 11.0. The molecule has 0 bridgehead atoms. The zero-order valence-corrected chi connectivity index (χ0v) is 18.9. The van der Waals surface area contributed by atoms with E-state index in [9.17, 15) is 13.2 Å². The first kappa shape index (κ1) is 21.6. The van der Waals surface area contributed by atoms with Crippen LogP contribution >= 0.6 is 22.9 Å². The monoisotopic (exact) mass is 469 g/mol. The molecule has 4 rings (SSSR count). The lowest BCUT2D eigenvalue weighted by Gasteiger charge is -2.35. The maximum Gasteiger partial charge on any atom is 0.252 e. The molecule has 2 aromatic rings. The Morgan fingerprint density at radius 3 is 2.47 bits per heavy atom. The Balaban J connectivity index is 1.38. The van der Waals surface area contributed by atoms with Crippen molar-refractivity contribution in [2.75, 3.05) is 57.4 Å².